The molecule has 1 aromatic heterocycles. The van der Waals surface area contributed by atoms with Crippen molar-refractivity contribution in [2.45, 2.75) is 26.0 Å². The number of ether oxygens (including phenoxy) is 2. The SMILES string of the molecule is CC(C)Oc1ccc(-c2nnc(-c3cc(F)c(OC[C@H](N)CO)cc3Cl)s2)cc1C#N. The highest BCUT2D eigenvalue weighted by atomic mass is 35.5. The van der Waals surface area contributed by atoms with Gasteiger partial charge in [0.2, 0.25) is 0 Å². The minimum Gasteiger partial charge on any atom is -0.490 e. The summed E-state index contributed by atoms with van der Waals surface area (Å²) in [5.41, 5.74) is 7.00. The zero-order valence-corrected chi connectivity index (χ0v) is 18.4. The van der Waals surface area contributed by atoms with Gasteiger partial charge in [-0.05, 0) is 38.1 Å². The number of rotatable bonds is 8. The summed E-state index contributed by atoms with van der Waals surface area (Å²) >= 11 is 7.52. The highest BCUT2D eigenvalue weighted by Gasteiger charge is 2.17. The van der Waals surface area contributed by atoms with Gasteiger partial charge in [-0.2, -0.15) is 5.26 Å². The first-order chi connectivity index (χ1) is 14.8. The van der Waals surface area contributed by atoms with E-state index in [4.69, 9.17) is 31.9 Å². The number of benzene rings is 2. The van der Waals surface area contributed by atoms with Crippen LogP contribution in [0.5, 0.6) is 11.5 Å². The number of halogens is 2. The Labute approximate surface area is 187 Å². The van der Waals surface area contributed by atoms with E-state index in [9.17, 15) is 9.65 Å². The molecule has 31 heavy (non-hydrogen) atoms. The van der Waals surface area contributed by atoms with Crippen molar-refractivity contribution in [3.63, 3.8) is 0 Å². The maximum atomic E-state index is 14.5. The van der Waals surface area contributed by atoms with Crippen LogP contribution in [-0.2, 0) is 0 Å². The summed E-state index contributed by atoms with van der Waals surface area (Å²) < 4.78 is 25.4. The summed E-state index contributed by atoms with van der Waals surface area (Å²) in [5, 5.41) is 27.8. The maximum absolute atomic E-state index is 14.5. The number of aromatic nitrogens is 2. The highest BCUT2D eigenvalue weighted by Crippen LogP contribution is 2.37. The molecule has 2 aromatic carbocycles. The van der Waals surface area contributed by atoms with Gasteiger partial charge < -0.3 is 20.3 Å². The molecule has 0 amide bonds. The fourth-order valence-corrected chi connectivity index (χ4v) is 3.78. The largest absolute Gasteiger partial charge is 0.490 e. The van der Waals surface area contributed by atoms with Gasteiger partial charge in [-0.25, -0.2) is 4.39 Å². The maximum Gasteiger partial charge on any atom is 0.165 e. The molecule has 10 heteroatoms. The van der Waals surface area contributed by atoms with Gasteiger partial charge in [0.05, 0.1) is 29.3 Å². The first-order valence-corrected chi connectivity index (χ1v) is 10.5. The zero-order valence-electron chi connectivity index (χ0n) is 16.8. The van der Waals surface area contributed by atoms with Crippen molar-refractivity contribution in [3.8, 4) is 38.7 Å². The molecule has 0 aliphatic heterocycles. The lowest BCUT2D eigenvalue weighted by Gasteiger charge is -2.12. The van der Waals surface area contributed by atoms with Crippen molar-refractivity contribution in [2.75, 3.05) is 13.2 Å². The Kier molecular flexibility index (Phi) is 7.41. The molecule has 0 saturated carbocycles. The van der Waals surface area contributed by atoms with Crippen molar-refractivity contribution in [3.05, 3.63) is 46.7 Å². The van der Waals surface area contributed by atoms with E-state index in [2.05, 4.69) is 16.3 Å². The molecule has 162 valence electrons. The average Bonchev–Trinajstić information content (AvgIpc) is 3.23. The predicted molar refractivity (Wildman–Crippen MR) is 117 cm³/mol. The summed E-state index contributed by atoms with van der Waals surface area (Å²) in [7, 11) is 0. The van der Waals surface area contributed by atoms with E-state index in [-0.39, 0.29) is 30.1 Å². The Morgan fingerprint density at radius 2 is 1.97 bits per heavy atom. The second-order valence-corrected chi connectivity index (χ2v) is 8.30. The van der Waals surface area contributed by atoms with Gasteiger partial charge in [-0.1, -0.05) is 22.9 Å². The van der Waals surface area contributed by atoms with E-state index in [1.54, 1.807) is 18.2 Å². The molecular weight excluding hydrogens is 443 g/mol. The first-order valence-electron chi connectivity index (χ1n) is 9.35. The van der Waals surface area contributed by atoms with Crippen LogP contribution in [0.15, 0.2) is 30.3 Å². The zero-order chi connectivity index (χ0) is 22.5. The van der Waals surface area contributed by atoms with Gasteiger partial charge in [0.25, 0.3) is 0 Å². The number of nitrogens with two attached hydrogens (primary N) is 1. The summed E-state index contributed by atoms with van der Waals surface area (Å²) in [6.45, 7) is 3.43. The third-order valence-electron chi connectivity index (χ3n) is 4.07. The van der Waals surface area contributed by atoms with Crippen LogP contribution in [-0.4, -0.2) is 40.7 Å². The number of nitriles is 1. The van der Waals surface area contributed by atoms with Gasteiger partial charge >= 0.3 is 0 Å². The lowest BCUT2D eigenvalue weighted by atomic mass is 10.1. The highest BCUT2D eigenvalue weighted by molar-refractivity contribution is 7.18. The molecular formula is C21H20ClFN4O3S. The fourth-order valence-electron chi connectivity index (χ4n) is 2.61. The topological polar surface area (TPSA) is 114 Å². The van der Waals surface area contributed by atoms with E-state index in [1.165, 1.54) is 23.5 Å². The molecule has 0 fully saturated rings. The normalized spacial score (nSPS) is 11.9. The molecule has 3 N–H and O–H groups in total. The van der Waals surface area contributed by atoms with Gasteiger partial charge in [0, 0.05) is 17.2 Å². The molecule has 0 unspecified atom stereocenters. The standard InChI is InChI=1S/C21H20ClFN4O3S/c1-11(2)30-18-4-3-12(5-13(18)8-24)20-26-27-21(31-20)15-6-17(23)19(7-16(15)22)29-10-14(25)9-28/h3-7,11,14,28H,9-10,25H2,1-2H3/t14-/m1/s1. The van der Waals surface area contributed by atoms with Crippen LogP contribution in [0.4, 0.5) is 4.39 Å². The average molecular weight is 463 g/mol. The van der Waals surface area contributed by atoms with Crippen molar-refractivity contribution in [2.24, 2.45) is 5.73 Å². The van der Waals surface area contributed by atoms with Crippen molar-refractivity contribution < 1.29 is 19.0 Å². The van der Waals surface area contributed by atoms with Crippen molar-refractivity contribution in [1.82, 2.24) is 10.2 Å². The summed E-state index contributed by atoms with van der Waals surface area (Å²) in [4.78, 5) is 0. The van der Waals surface area contributed by atoms with Gasteiger partial charge in [0.15, 0.2) is 11.6 Å². The Balaban J connectivity index is 1.87. The lowest BCUT2D eigenvalue weighted by Crippen LogP contribution is -2.31. The van der Waals surface area contributed by atoms with Crippen LogP contribution in [0.1, 0.15) is 19.4 Å². The number of hydrogen-bond acceptors (Lipinski definition) is 8. The van der Waals surface area contributed by atoms with E-state index >= 15 is 0 Å². The van der Waals surface area contributed by atoms with E-state index in [1.807, 2.05) is 13.8 Å². The number of hydrogen-bond donors (Lipinski definition) is 2. The molecule has 1 heterocycles. The molecule has 3 rings (SSSR count). The summed E-state index contributed by atoms with van der Waals surface area (Å²) in [6.07, 6.45) is -0.0607. The lowest BCUT2D eigenvalue weighted by molar-refractivity contribution is 0.202. The van der Waals surface area contributed by atoms with Crippen LogP contribution >= 0.6 is 22.9 Å². The Hall–Kier alpha value is -2.77. The summed E-state index contributed by atoms with van der Waals surface area (Å²) in [6, 6.07) is 9.21. The second kappa shape index (κ2) is 10.0. The van der Waals surface area contributed by atoms with Gasteiger partial charge in [-0.15, -0.1) is 10.2 Å². The van der Waals surface area contributed by atoms with Gasteiger partial charge in [-0.3, -0.25) is 0 Å². The van der Waals surface area contributed by atoms with E-state index in [0.717, 1.165) is 0 Å². The quantitative estimate of drug-likeness (QED) is 0.519. The third kappa shape index (κ3) is 5.48. The third-order valence-corrected chi connectivity index (χ3v) is 5.39. The van der Waals surface area contributed by atoms with Crippen molar-refractivity contribution in [1.29, 1.82) is 5.26 Å². The Morgan fingerprint density at radius 3 is 2.65 bits per heavy atom. The summed E-state index contributed by atoms with van der Waals surface area (Å²) in [5.74, 6) is -0.211. The molecule has 7 nitrogen and oxygen atoms in total. The minimum atomic E-state index is -0.636. The monoisotopic (exact) mass is 462 g/mol. The molecule has 0 radical (unpaired) electrons. The van der Waals surface area contributed by atoms with Crippen LogP contribution < -0.4 is 15.2 Å². The van der Waals surface area contributed by atoms with E-state index < -0.39 is 11.9 Å². The number of nitrogens with zero attached hydrogens (tertiary/aromatic N) is 3. The molecule has 0 spiro atoms. The molecule has 0 bridgehead atoms. The number of aliphatic hydroxyl groups excluding tert-OH is 1. The molecule has 0 aliphatic carbocycles. The Bertz CT molecular complexity index is 1120. The van der Waals surface area contributed by atoms with E-state index in [0.29, 0.717) is 32.5 Å². The minimum absolute atomic E-state index is 0.0518. The molecule has 0 saturated heterocycles. The van der Waals surface area contributed by atoms with Crippen LogP contribution in [0.2, 0.25) is 5.02 Å². The fraction of sp³-hybridized carbons (Fsp3) is 0.286. The molecule has 0 aliphatic rings. The number of aliphatic hydroxyl groups is 1. The van der Waals surface area contributed by atoms with Gasteiger partial charge in [0.1, 0.15) is 28.4 Å². The van der Waals surface area contributed by atoms with Crippen LogP contribution in [0, 0.1) is 17.1 Å². The van der Waals surface area contributed by atoms with Crippen LogP contribution in [0.25, 0.3) is 21.1 Å². The molecule has 3 aromatic rings. The second-order valence-electron chi connectivity index (χ2n) is 6.92. The van der Waals surface area contributed by atoms with Crippen molar-refractivity contribution >= 4 is 22.9 Å². The Morgan fingerprint density at radius 1 is 1.23 bits per heavy atom. The smallest absolute Gasteiger partial charge is 0.165 e. The predicted octanol–water partition coefficient (Wildman–Crippen LogP) is 4.02. The molecule has 1 atom stereocenters. The van der Waals surface area contributed by atoms with Crippen LogP contribution in [0.3, 0.4) is 0 Å². The first kappa shape index (κ1) is 22.9.